The fourth-order valence-electron chi connectivity index (χ4n) is 3.57. The number of carbonyl (C=O) groups is 2. The van der Waals surface area contributed by atoms with Crippen LogP contribution in [0.1, 0.15) is 63.9 Å². The van der Waals surface area contributed by atoms with Crippen LogP contribution in [0.4, 0.5) is 4.39 Å². The summed E-state index contributed by atoms with van der Waals surface area (Å²) in [7, 11) is 0. The number of carbonyl (C=O) groups excluding carboxylic acids is 2. The van der Waals surface area contributed by atoms with Crippen LogP contribution in [0.15, 0.2) is 30.3 Å². The molecule has 0 spiro atoms. The van der Waals surface area contributed by atoms with Crippen LogP contribution >= 0.6 is 0 Å². The molecule has 2 atom stereocenters. The zero-order chi connectivity index (χ0) is 18.8. The second-order valence-electron chi connectivity index (χ2n) is 6.94. The van der Waals surface area contributed by atoms with E-state index in [1.165, 1.54) is 12.1 Å². The quantitative estimate of drug-likeness (QED) is 0.418. The maximum absolute atomic E-state index is 13.0. The third-order valence-electron chi connectivity index (χ3n) is 5.01. The third kappa shape index (κ3) is 6.74. The molecule has 0 N–H and O–H groups in total. The zero-order valence-corrected chi connectivity index (χ0v) is 15.6. The predicted molar refractivity (Wildman–Crippen MR) is 101 cm³/mol. The van der Waals surface area contributed by atoms with Crippen LogP contribution in [0.3, 0.4) is 0 Å². The maximum Gasteiger partial charge on any atom is 0.305 e. The van der Waals surface area contributed by atoms with Crippen molar-refractivity contribution < 1.29 is 18.7 Å². The van der Waals surface area contributed by atoms with Crippen molar-refractivity contribution in [2.24, 2.45) is 11.8 Å². The van der Waals surface area contributed by atoms with Crippen LogP contribution in [-0.2, 0) is 14.3 Å². The minimum Gasteiger partial charge on any atom is -0.466 e. The van der Waals surface area contributed by atoms with Gasteiger partial charge in [-0.25, -0.2) is 4.39 Å². The number of hydrogen-bond acceptors (Lipinski definition) is 3. The van der Waals surface area contributed by atoms with Crippen molar-refractivity contribution in [3.05, 3.63) is 41.7 Å². The molecule has 1 aliphatic rings. The number of ether oxygens (including phenoxy) is 1. The summed E-state index contributed by atoms with van der Waals surface area (Å²) in [4.78, 5) is 23.5. The Morgan fingerprint density at radius 3 is 2.65 bits per heavy atom. The van der Waals surface area contributed by atoms with E-state index in [-0.39, 0.29) is 23.6 Å². The second-order valence-corrected chi connectivity index (χ2v) is 6.94. The molecular formula is C22H29FO3. The average molecular weight is 360 g/mol. The Hall–Kier alpha value is -1.97. The van der Waals surface area contributed by atoms with E-state index in [0.717, 1.165) is 44.1 Å². The molecule has 1 aliphatic carbocycles. The highest BCUT2D eigenvalue weighted by Crippen LogP contribution is 2.34. The molecule has 1 aromatic rings. The lowest BCUT2D eigenvalue weighted by atomic mass is 9.89. The second kappa shape index (κ2) is 10.9. The summed E-state index contributed by atoms with van der Waals surface area (Å²) in [5.41, 5.74) is 0.962. The fourth-order valence-corrected chi connectivity index (χ4v) is 3.57. The molecule has 1 saturated carbocycles. The van der Waals surface area contributed by atoms with E-state index in [9.17, 15) is 14.0 Å². The van der Waals surface area contributed by atoms with Crippen molar-refractivity contribution >= 4 is 17.8 Å². The SMILES string of the molecule is CCOC(=O)CCCCCCC1C(=O)CCC1C=Cc1ccc(F)cc1. The lowest BCUT2D eigenvalue weighted by molar-refractivity contribution is -0.143. The molecule has 4 heteroatoms. The molecule has 0 radical (unpaired) electrons. The monoisotopic (exact) mass is 360 g/mol. The molecule has 26 heavy (non-hydrogen) atoms. The minimum atomic E-state index is -0.237. The first kappa shape index (κ1) is 20.3. The Morgan fingerprint density at radius 2 is 1.92 bits per heavy atom. The first-order valence-corrected chi connectivity index (χ1v) is 9.72. The molecule has 0 saturated heterocycles. The molecule has 0 amide bonds. The number of rotatable bonds is 10. The molecule has 3 nitrogen and oxygen atoms in total. The van der Waals surface area contributed by atoms with Gasteiger partial charge in [-0.1, -0.05) is 43.5 Å². The van der Waals surface area contributed by atoms with Crippen molar-refractivity contribution in [1.29, 1.82) is 0 Å². The minimum absolute atomic E-state index is 0.108. The topological polar surface area (TPSA) is 43.4 Å². The number of hydrogen-bond donors (Lipinski definition) is 0. The number of halogens is 1. The Morgan fingerprint density at radius 1 is 1.19 bits per heavy atom. The van der Waals surface area contributed by atoms with Crippen molar-refractivity contribution in [3.8, 4) is 0 Å². The molecule has 142 valence electrons. The van der Waals surface area contributed by atoms with Gasteiger partial charge in [-0.2, -0.15) is 0 Å². The molecule has 2 rings (SSSR count). The smallest absolute Gasteiger partial charge is 0.305 e. The van der Waals surface area contributed by atoms with E-state index in [4.69, 9.17) is 4.74 Å². The van der Waals surface area contributed by atoms with Crippen LogP contribution in [0.5, 0.6) is 0 Å². The Labute approximate surface area is 155 Å². The van der Waals surface area contributed by atoms with Crippen molar-refractivity contribution in [3.63, 3.8) is 0 Å². The zero-order valence-electron chi connectivity index (χ0n) is 15.6. The Kier molecular flexibility index (Phi) is 8.52. The molecule has 0 bridgehead atoms. The van der Waals surface area contributed by atoms with Gasteiger partial charge in [-0.3, -0.25) is 9.59 Å². The summed E-state index contributed by atoms with van der Waals surface area (Å²) >= 11 is 0. The number of unbranched alkanes of at least 4 members (excludes halogenated alkanes) is 3. The Bertz CT molecular complexity index is 606. The first-order valence-electron chi connectivity index (χ1n) is 9.72. The summed E-state index contributed by atoms with van der Waals surface area (Å²) in [6, 6.07) is 6.41. The van der Waals surface area contributed by atoms with Gasteiger partial charge in [0.2, 0.25) is 0 Å². The molecular weight excluding hydrogens is 331 g/mol. The predicted octanol–water partition coefficient (Wildman–Crippen LogP) is 5.34. The van der Waals surface area contributed by atoms with E-state index in [1.54, 1.807) is 12.1 Å². The largest absolute Gasteiger partial charge is 0.466 e. The highest BCUT2D eigenvalue weighted by Gasteiger charge is 2.32. The maximum atomic E-state index is 13.0. The molecule has 0 aliphatic heterocycles. The average Bonchev–Trinajstić information content (AvgIpc) is 2.98. The van der Waals surface area contributed by atoms with Gasteiger partial charge in [-0.05, 0) is 49.8 Å². The van der Waals surface area contributed by atoms with Crippen molar-refractivity contribution in [1.82, 2.24) is 0 Å². The van der Waals surface area contributed by atoms with Gasteiger partial charge in [0.25, 0.3) is 0 Å². The third-order valence-corrected chi connectivity index (χ3v) is 5.01. The normalized spacial score (nSPS) is 20.0. The number of esters is 1. The van der Waals surface area contributed by atoms with E-state index >= 15 is 0 Å². The van der Waals surface area contributed by atoms with Crippen molar-refractivity contribution in [2.45, 2.75) is 58.3 Å². The van der Waals surface area contributed by atoms with Crippen LogP contribution in [0.2, 0.25) is 0 Å². The lowest BCUT2D eigenvalue weighted by Gasteiger charge is -2.14. The van der Waals surface area contributed by atoms with Gasteiger partial charge in [0.1, 0.15) is 11.6 Å². The van der Waals surface area contributed by atoms with E-state index in [2.05, 4.69) is 6.08 Å². The van der Waals surface area contributed by atoms with E-state index in [0.29, 0.717) is 25.2 Å². The van der Waals surface area contributed by atoms with Crippen LogP contribution in [0, 0.1) is 17.7 Å². The lowest BCUT2D eigenvalue weighted by Crippen LogP contribution is -2.13. The summed E-state index contributed by atoms with van der Waals surface area (Å²) in [6.45, 7) is 2.26. The highest BCUT2D eigenvalue weighted by molar-refractivity contribution is 5.83. The van der Waals surface area contributed by atoms with Gasteiger partial charge in [-0.15, -0.1) is 0 Å². The number of allylic oxidation sites excluding steroid dienone is 1. The van der Waals surface area contributed by atoms with Gasteiger partial charge in [0.05, 0.1) is 6.61 Å². The van der Waals surface area contributed by atoms with Crippen LogP contribution in [-0.4, -0.2) is 18.4 Å². The van der Waals surface area contributed by atoms with Gasteiger partial charge in [0.15, 0.2) is 0 Å². The summed E-state index contributed by atoms with van der Waals surface area (Å²) in [5, 5.41) is 0. The van der Waals surface area contributed by atoms with Gasteiger partial charge in [0, 0.05) is 18.8 Å². The number of ketones is 1. The van der Waals surface area contributed by atoms with E-state index < -0.39 is 0 Å². The first-order chi connectivity index (χ1) is 12.6. The van der Waals surface area contributed by atoms with Gasteiger partial charge >= 0.3 is 5.97 Å². The van der Waals surface area contributed by atoms with Crippen LogP contribution < -0.4 is 0 Å². The van der Waals surface area contributed by atoms with Gasteiger partial charge < -0.3 is 4.74 Å². The van der Waals surface area contributed by atoms with Crippen LogP contribution in [0.25, 0.3) is 6.08 Å². The molecule has 2 unspecified atom stereocenters. The Balaban J connectivity index is 1.72. The standard InChI is InChI=1S/C22H29FO3/c1-2-26-22(25)8-6-4-3-5-7-20-18(13-16-21(20)24)12-9-17-10-14-19(23)15-11-17/h9-12,14-15,18,20H,2-8,13,16H2,1H3. The molecule has 0 aromatic heterocycles. The fraction of sp³-hybridized carbons (Fsp3) is 0.545. The summed E-state index contributed by atoms with van der Waals surface area (Å²) in [5.74, 6) is 0.401. The number of Topliss-reactive ketones (excluding diaryl/α,β-unsaturated/α-hetero) is 1. The number of benzene rings is 1. The molecule has 1 fully saturated rings. The van der Waals surface area contributed by atoms with E-state index in [1.807, 2.05) is 13.0 Å². The van der Waals surface area contributed by atoms with Crippen molar-refractivity contribution in [2.75, 3.05) is 6.61 Å². The molecule has 1 aromatic carbocycles. The summed E-state index contributed by atoms with van der Waals surface area (Å²) in [6.07, 6.45) is 11.0. The molecule has 0 heterocycles. The highest BCUT2D eigenvalue weighted by atomic mass is 19.1. The summed E-state index contributed by atoms with van der Waals surface area (Å²) < 4.78 is 17.9.